The van der Waals surface area contributed by atoms with E-state index in [9.17, 15) is 14.4 Å². The second-order valence-electron chi connectivity index (χ2n) is 7.79. The molecule has 0 spiro atoms. The van der Waals surface area contributed by atoms with Crippen LogP contribution in [0.25, 0.3) is 16.6 Å². The van der Waals surface area contributed by atoms with Crippen molar-refractivity contribution in [1.29, 1.82) is 0 Å². The van der Waals surface area contributed by atoms with Crippen LogP contribution in [-0.2, 0) is 4.79 Å². The van der Waals surface area contributed by atoms with Gasteiger partial charge in [0.2, 0.25) is 5.91 Å². The highest BCUT2D eigenvalue weighted by Gasteiger charge is 2.27. The topological polar surface area (TPSA) is 64.3 Å². The number of rotatable bonds is 3. The molecule has 1 amide bonds. The fourth-order valence-electron chi connectivity index (χ4n) is 4.06. The van der Waals surface area contributed by atoms with Crippen LogP contribution in [0.3, 0.4) is 0 Å². The number of carbonyl (C=O) groups excluding carboxylic acids is 1. The lowest BCUT2D eigenvalue weighted by Crippen LogP contribution is -2.44. The fraction of sp³-hybridized carbons (Fsp3) is 0.348. The average molecular weight is 391 g/mol. The number of aromatic nitrogens is 2. The van der Waals surface area contributed by atoms with Gasteiger partial charge in [0.25, 0.3) is 5.56 Å². The Morgan fingerprint density at radius 1 is 0.966 bits per heavy atom. The maximum absolute atomic E-state index is 13.5. The van der Waals surface area contributed by atoms with Crippen LogP contribution in [0.1, 0.15) is 36.9 Å². The van der Waals surface area contributed by atoms with Gasteiger partial charge in [-0.1, -0.05) is 18.2 Å². The highest BCUT2D eigenvalue weighted by atomic mass is 16.2. The molecule has 6 heteroatoms. The van der Waals surface area contributed by atoms with Crippen molar-refractivity contribution < 1.29 is 4.79 Å². The summed E-state index contributed by atoms with van der Waals surface area (Å²) in [6.45, 7) is 7.10. The highest BCUT2D eigenvalue weighted by Crippen LogP contribution is 2.19. The number of amides is 1. The molecule has 150 valence electrons. The van der Waals surface area contributed by atoms with Crippen LogP contribution in [0.4, 0.5) is 0 Å². The first-order chi connectivity index (χ1) is 13.9. The van der Waals surface area contributed by atoms with E-state index in [1.54, 1.807) is 42.2 Å². The molecule has 1 fully saturated rings. The summed E-state index contributed by atoms with van der Waals surface area (Å²) < 4.78 is 2.65. The van der Waals surface area contributed by atoms with Crippen LogP contribution in [0.15, 0.2) is 52.1 Å². The lowest BCUT2D eigenvalue weighted by Gasteiger charge is -2.24. The predicted octanol–water partition coefficient (Wildman–Crippen LogP) is 2.95. The third-order valence-electron chi connectivity index (χ3n) is 5.91. The van der Waals surface area contributed by atoms with E-state index >= 15 is 0 Å². The SMILES string of the molecule is Cc1ccc(-n2c(=O)c3ccccc3n([C@@H](C)C(=O)N3CCCC3)c2=O)cc1C. The maximum Gasteiger partial charge on any atom is 0.336 e. The van der Waals surface area contributed by atoms with E-state index in [1.165, 1.54) is 9.13 Å². The Balaban J connectivity index is 1.99. The van der Waals surface area contributed by atoms with E-state index in [0.717, 1.165) is 24.0 Å². The van der Waals surface area contributed by atoms with Crippen molar-refractivity contribution in [3.63, 3.8) is 0 Å². The molecule has 0 aliphatic carbocycles. The first-order valence-electron chi connectivity index (χ1n) is 10.0. The van der Waals surface area contributed by atoms with Gasteiger partial charge in [0.05, 0.1) is 16.6 Å². The largest absolute Gasteiger partial charge is 0.341 e. The third-order valence-corrected chi connectivity index (χ3v) is 5.91. The number of benzene rings is 2. The molecule has 1 atom stereocenters. The molecule has 2 heterocycles. The number of nitrogens with zero attached hydrogens (tertiary/aromatic N) is 3. The van der Waals surface area contributed by atoms with Gasteiger partial charge < -0.3 is 4.90 Å². The number of carbonyl (C=O) groups is 1. The Morgan fingerprint density at radius 3 is 2.34 bits per heavy atom. The number of hydrogen-bond donors (Lipinski definition) is 0. The Kier molecular flexibility index (Phi) is 4.86. The zero-order valence-electron chi connectivity index (χ0n) is 17.0. The molecule has 1 aliphatic rings. The quantitative estimate of drug-likeness (QED) is 0.690. The number of fused-ring (bicyclic) bond motifs is 1. The number of aryl methyl sites for hydroxylation is 2. The minimum atomic E-state index is -0.691. The zero-order chi connectivity index (χ0) is 20.7. The summed E-state index contributed by atoms with van der Waals surface area (Å²) in [4.78, 5) is 41.6. The maximum atomic E-state index is 13.5. The van der Waals surface area contributed by atoms with Crippen molar-refractivity contribution in [2.45, 2.75) is 39.7 Å². The summed E-state index contributed by atoms with van der Waals surface area (Å²) in [5.74, 6) is -0.0833. The van der Waals surface area contributed by atoms with Gasteiger partial charge in [0.15, 0.2) is 0 Å². The molecule has 1 aromatic heterocycles. The van der Waals surface area contributed by atoms with Crippen LogP contribution in [0.5, 0.6) is 0 Å². The first-order valence-corrected chi connectivity index (χ1v) is 10.0. The van der Waals surface area contributed by atoms with E-state index in [0.29, 0.717) is 29.7 Å². The molecule has 0 bridgehead atoms. The van der Waals surface area contributed by atoms with Crippen LogP contribution in [0.2, 0.25) is 0 Å². The zero-order valence-corrected chi connectivity index (χ0v) is 17.0. The van der Waals surface area contributed by atoms with Gasteiger partial charge in [0, 0.05) is 13.1 Å². The van der Waals surface area contributed by atoms with E-state index in [1.807, 2.05) is 26.0 Å². The number of likely N-dealkylation sites (tertiary alicyclic amines) is 1. The predicted molar refractivity (Wildman–Crippen MR) is 114 cm³/mol. The van der Waals surface area contributed by atoms with Crippen molar-refractivity contribution >= 4 is 16.8 Å². The lowest BCUT2D eigenvalue weighted by molar-refractivity contribution is -0.133. The average Bonchev–Trinajstić information content (AvgIpc) is 3.25. The Labute approximate surface area is 169 Å². The molecule has 4 rings (SSSR count). The van der Waals surface area contributed by atoms with Crippen molar-refractivity contribution in [2.24, 2.45) is 0 Å². The van der Waals surface area contributed by atoms with E-state index in [-0.39, 0.29) is 11.5 Å². The minimum absolute atomic E-state index is 0.0833. The van der Waals surface area contributed by atoms with Gasteiger partial charge in [-0.15, -0.1) is 0 Å². The molecule has 1 aliphatic heterocycles. The van der Waals surface area contributed by atoms with Gasteiger partial charge in [-0.2, -0.15) is 0 Å². The van der Waals surface area contributed by atoms with E-state index < -0.39 is 11.7 Å². The normalized spacial score (nSPS) is 15.1. The summed E-state index contributed by atoms with van der Waals surface area (Å²) in [7, 11) is 0. The van der Waals surface area contributed by atoms with Crippen LogP contribution in [0, 0.1) is 13.8 Å². The second-order valence-corrected chi connectivity index (χ2v) is 7.79. The second kappa shape index (κ2) is 7.35. The highest BCUT2D eigenvalue weighted by molar-refractivity contribution is 5.84. The van der Waals surface area contributed by atoms with Crippen molar-refractivity contribution in [1.82, 2.24) is 14.0 Å². The molecule has 3 aromatic rings. The lowest BCUT2D eigenvalue weighted by atomic mass is 10.1. The molecule has 2 aromatic carbocycles. The number of hydrogen-bond acceptors (Lipinski definition) is 3. The summed E-state index contributed by atoms with van der Waals surface area (Å²) in [5, 5.41) is 0.423. The summed E-state index contributed by atoms with van der Waals surface area (Å²) >= 11 is 0. The molecular weight excluding hydrogens is 366 g/mol. The van der Waals surface area contributed by atoms with Gasteiger partial charge in [0.1, 0.15) is 6.04 Å². The van der Waals surface area contributed by atoms with Crippen LogP contribution in [-0.4, -0.2) is 33.0 Å². The molecule has 0 unspecified atom stereocenters. The molecule has 0 radical (unpaired) electrons. The van der Waals surface area contributed by atoms with Gasteiger partial charge in [-0.3, -0.25) is 14.2 Å². The fourth-order valence-corrected chi connectivity index (χ4v) is 4.06. The van der Waals surface area contributed by atoms with Gasteiger partial charge >= 0.3 is 5.69 Å². The molecule has 0 saturated carbocycles. The standard InChI is InChI=1S/C23H25N3O3/c1-15-10-11-18(14-16(15)2)26-22(28)19-8-4-5-9-20(19)25(23(26)29)17(3)21(27)24-12-6-7-13-24/h4-5,8-11,14,17H,6-7,12-13H2,1-3H3/t17-/m0/s1. The summed E-state index contributed by atoms with van der Waals surface area (Å²) in [6, 6.07) is 11.8. The number of para-hydroxylation sites is 1. The Bertz CT molecular complexity index is 1220. The van der Waals surface area contributed by atoms with Crippen molar-refractivity contribution in [3.05, 3.63) is 74.4 Å². The Hall–Kier alpha value is -3.15. The minimum Gasteiger partial charge on any atom is -0.341 e. The first kappa shape index (κ1) is 19.2. The van der Waals surface area contributed by atoms with Crippen molar-refractivity contribution in [2.75, 3.05) is 13.1 Å². The van der Waals surface area contributed by atoms with Crippen LogP contribution < -0.4 is 11.2 Å². The van der Waals surface area contributed by atoms with E-state index in [4.69, 9.17) is 0 Å². The van der Waals surface area contributed by atoms with E-state index in [2.05, 4.69) is 0 Å². The van der Waals surface area contributed by atoms with Crippen LogP contribution >= 0.6 is 0 Å². The molecule has 1 saturated heterocycles. The molecular formula is C23H25N3O3. The Morgan fingerprint density at radius 2 is 1.66 bits per heavy atom. The summed E-state index contributed by atoms with van der Waals surface area (Å²) in [6.07, 6.45) is 1.96. The van der Waals surface area contributed by atoms with Gasteiger partial charge in [-0.25, -0.2) is 9.36 Å². The molecule has 0 N–H and O–H groups in total. The summed E-state index contributed by atoms with van der Waals surface area (Å²) in [5.41, 5.74) is 2.23. The smallest absolute Gasteiger partial charge is 0.336 e. The molecule has 29 heavy (non-hydrogen) atoms. The monoisotopic (exact) mass is 391 g/mol. The molecule has 6 nitrogen and oxygen atoms in total. The van der Waals surface area contributed by atoms with Crippen molar-refractivity contribution in [3.8, 4) is 5.69 Å². The third kappa shape index (κ3) is 3.18. The van der Waals surface area contributed by atoms with Gasteiger partial charge in [-0.05, 0) is 69.0 Å².